The second-order valence-corrected chi connectivity index (χ2v) is 6.61. The van der Waals surface area contributed by atoms with Gasteiger partial charge in [-0.25, -0.2) is 13.8 Å². The minimum Gasteiger partial charge on any atom is -0.491 e. The number of ether oxygens (including phenoxy) is 2. The van der Waals surface area contributed by atoms with E-state index >= 15 is 0 Å². The fourth-order valence-corrected chi connectivity index (χ4v) is 2.53. The summed E-state index contributed by atoms with van der Waals surface area (Å²) in [5.74, 6) is -1.54. The largest absolute Gasteiger partial charge is 0.491 e. The van der Waals surface area contributed by atoms with Crippen molar-refractivity contribution >= 4 is 11.5 Å². The predicted molar refractivity (Wildman–Crippen MR) is 102 cm³/mol. The molecule has 0 amide bonds. The minimum atomic E-state index is -0.955. The van der Waals surface area contributed by atoms with Crippen LogP contribution in [0.25, 0.3) is 5.57 Å². The van der Waals surface area contributed by atoms with Crippen molar-refractivity contribution in [3.05, 3.63) is 53.7 Å². The molecule has 1 aromatic rings. The minimum absolute atomic E-state index is 0.0244. The number of carboxylic acids is 1. The van der Waals surface area contributed by atoms with E-state index < -0.39 is 18.5 Å². The highest BCUT2D eigenvalue weighted by Gasteiger charge is 2.20. The first-order valence-electron chi connectivity index (χ1n) is 9.22. The van der Waals surface area contributed by atoms with Gasteiger partial charge in [0.2, 0.25) is 5.88 Å². The molecule has 0 bridgehead atoms. The summed E-state index contributed by atoms with van der Waals surface area (Å²) in [6.07, 6.45) is 5.69. The topological polar surface area (TPSA) is 68.7 Å². The molecule has 0 atom stereocenters. The Morgan fingerprint density at radius 2 is 2.18 bits per heavy atom. The van der Waals surface area contributed by atoms with E-state index in [1.54, 1.807) is 12.1 Å². The van der Waals surface area contributed by atoms with E-state index in [9.17, 15) is 13.6 Å². The van der Waals surface area contributed by atoms with Crippen LogP contribution in [0.1, 0.15) is 43.4 Å². The summed E-state index contributed by atoms with van der Waals surface area (Å²) in [6, 6.07) is 3.51. The van der Waals surface area contributed by atoms with Crippen LogP contribution in [0.4, 0.5) is 8.78 Å². The smallest absolute Gasteiger partial charge is 0.303 e. The van der Waals surface area contributed by atoms with E-state index in [-0.39, 0.29) is 36.9 Å². The van der Waals surface area contributed by atoms with E-state index in [4.69, 9.17) is 14.6 Å². The summed E-state index contributed by atoms with van der Waals surface area (Å²) >= 11 is 0. The van der Waals surface area contributed by atoms with Gasteiger partial charge in [-0.2, -0.15) is 0 Å². The third-order valence-corrected chi connectivity index (χ3v) is 4.24. The summed E-state index contributed by atoms with van der Waals surface area (Å²) in [7, 11) is 0. The second kappa shape index (κ2) is 10.6. The number of carbonyl (C=O) groups is 1. The van der Waals surface area contributed by atoms with Gasteiger partial charge in [-0.05, 0) is 56.4 Å². The number of aromatic nitrogens is 1. The number of halogens is 2. The van der Waals surface area contributed by atoms with Gasteiger partial charge in [0.05, 0.1) is 12.3 Å². The zero-order chi connectivity index (χ0) is 20.5. The van der Waals surface area contributed by atoms with Crippen LogP contribution in [0, 0.1) is 6.92 Å². The summed E-state index contributed by atoms with van der Waals surface area (Å²) in [5.41, 5.74) is 1.50. The van der Waals surface area contributed by atoms with Crippen LogP contribution in [0.3, 0.4) is 0 Å². The Balaban J connectivity index is 2.11. The Morgan fingerprint density at radius 1 is 1.43 bits per heavy atom. The lowest BCUT2D eigenvalue weighted by Crippen LogP contribution is -2.25. The molecule has 1 N–H and O–H groups in total. The molecule has 28 heavy (non-hydrogen) atoms. The second-order valence-electron chi connectivity index (χ2n) is 6.61. The van der Waals surface area contributed by atoms with Gasteiger partial charge in [0, 0.05) is 18.1 Å². The fraction of sp³-hybridized carbons (Fsp3) is 0.429. The van der Waals surface area contributed by atoms with Crippen LogP contribution in [0.2, 0.25) is 0 Å². The molecular formula is C21H25F2NO4. The standard InChI is InChI=1S/C21H25F2NO4/c1-14-11-19(24-20(12-14)28-17-5-3-6-17)16(8-9-22)13-18(23)15(2)27-10-4-7-21(25)26/h8,11-13,17H,2-7,9-10H2,1H3,(H,25,26)/b16-8+,18-13+. The SMILES string of the molecule is C=C(OCCCC(=O)O)/C(F)=C\C(=C/CF)c1cc(C)cc(OC2CCC2)n1. The molecule has 5 nitrogen and oxygen atoms in total. The number of allylic oxidation sites excluding steroid dienone is 4. The number of rotatable bonds is 11. The predicted octanol–water partition coefficient (Wildman–Crippen LogP) is 4.92. The van der Waals surface area contributed by atoms with Crippen molar-refractivity contribution < 1.29 is 28.2 Å². The first kappa shape index (κ1) is 21.6. The molecule has 1 aliphatic rings. The molecule has 0 saturated heterocycles. The lowest BCUT2D eigenvalue weighted by molar-refractivity contribution is -0.137. The summed E-state index contributed by atoms with van der Waals surface area (Å²) < 4.78 is 38.3. The molecule has 0 aromatic carbocycles. The molecule has 1 aromatic heterocycles. The molecule has 1 fully saturated rings. The number of nitrogens with zero attached hydrogens (tertiary/aromatic N) is 1. The van der Waals surface area contributed by atoms with Crippen molar-refractivity contribution in [2.45, 2.75) is 45.1 Å². The van der Waals surface area contributed by atoms with Gasteiger partial charge in [-0.1, -0.05) is 6.58 Å². The number of aliphatic carboxylic acids is 1. The number of hydrogen-bond donors (Lipinski definition) is 1. The number of alkyl halides is 1. The molecule has 0 radical (unpaired) electrons. The number of aryl methyl sites for hydroxylation is 1. The van der Waals surface area contributed by atoms with Crippen molar-refractivity contribution in [2.24, 2.45) is 0 Å². The average molecular weight is 393 g/mol. The average Bonchev–Trinajstić information content (AvgIpc) is 2.60. The Bertz CT molecular complexity index is 770. The van der Waals surface area contributed by atoms with Crippen molar-refractivity contribution in [3.8, 4) is 5.88 Å². The lowest BCUT2D eigenvalue weighted by atomic mass is 9.96. The normalized spacial score (nSPS) is 15.1. The quantitative estimate of drug-likeness (QED) is 0.328. The van der Waals surface area contributed by atoms with Crippen LogP contribution < -0.4 is 4.74 Å². The molecule has 152 valence electrons. The Kier molecular flexibility index (Phi) is 8.17. The molecule has 2 rings (SSSR count). The number of hydrogen-bond acceptors (Lipinski definition) is 4. The van der Waals surface area contributed by atoms with E-state index in [1.165, 1.54) is 6.08 Å². The summed E-state index contributed by atoms with van der Waals surface area (Å²) in [5, 5.41) is 8.59. The Morgan fingerprint density at radius 3 is 2.79 bits per heavy atom. The van der Waals surface area contributed by atoms with Crippen LogP contribution in [0.15, 0.2) is 42.4 Å². The zero-order valence-electron chi connectivity index (χ0n) is 15.9. The Hall–Kier alpha value is -2.70. The highest BCUT2D eigenvalue weighted by atomic mass is 19.1. The molecule has 0 spiro atoms. The van der Waals surface area contributed by atoms with Crippen LogP contribution in [-0.2, 0) is 9.53 Å². The van der Waals surface area contributed by atoms with Gasteiger partial charge in [0.1, 0.15) is 18.5 Å². The van der Waals surface area contributed by atoms with Crippen molar-refractivity contribution in [1.29, 1.82) is 0 Å². The van der Waals surface area contributed by atoms with Gasteiger partial charge >= 0.3 is 5.97 Å². The maximum atomic E-state index is 14.4. The van der Waals surface area contributed by atoms with Gasteiger partial charge in [-0.15, -0.1) is 0 Å². The molecule has 1 aliphatic carbocycles. The molecule has 0 aliphatic heterocycles. The third-order valence-electron chi connectivity index (χ3n) is 4.24. The van der Waals surface area contributed by atoms with Crippen LogP contribution >= 0.6 is 0 Å². The highest BCUT2D eigenvalue weighted by molar-refractivity contribution is 5.73. The first-order valence-corrected chi connectivity index (χ1v) is 9.22. The Labute approximate surface area is 163 Å². The zero-order valence-corrected chi connectivity index (χ0v) is 15.9. The molecule has 0 unspecified atom stereocenters. The van der Waals surface area contributed by atoms with E-state index in [0.717, 1.165) is 30.9 Å². The molecule has 1 saturated carbocycles. The van der Waals surface area contributed by atoms with Gasteiger partial charge in [0.15, 0.2) is 5.83 Å². The number of pyridine rings is 1. The molecular weight excluding hydrogens is 368 g/mol. The van der Waals surface area contributed by atoms with Gasteiger partial charge in [-0.3, -0.25) is 4.79 Å². The van der Waals surface area contributed by atoms with Crippen molar-refractivity contribution in [2.75, 3.05) is 13.3 Å². The van der Waals surface area contributed by atoms with E-state index in [2.05, 4.69) is 11.6 Å². The van der Waals surface area contributed by atoms with Crippen molar-refractivity contribution in [1.82, 2.24) is 4.98 Å². The first-order chi connectivity index (χ1) is 13.4. The maximum absolute atomic E-state index is 14.4. The van der Waals surface area contributed by atoms with Crippen LogP contribution in [-0.4, -0.2) is 35.4 Å². The molecule has 1 heterocycles. The summed E-state index contributed by atoms with van der Waals surface area (Å²) in [6.45, 7) is 4.58. The lowest BCUT2D eigenvalue weighted by Gasteiger charge is -2.26. The summed E-state index contributed by atoms with van der Waals surface area (Å²) in [4.78, 5) is 14.9. The van der Waals surface area contributed by atoms with Crippen LogP contribution in [0.5, 0.6) is 5.88 Å². The monoisotopic (exact) mass is 393 g/mol. The van der Waals surface area contributed by atoms with Gasteiger partial charge in [0.25, 0.3) is 0 Å². The molecule has 7 heteroatoms. The fourth-order valence-electron chi connectivity index (χ4n) is 2.53. The highest BCUT2D eigenvalue weighted by Crippen LogP contribution is 2.27. The van der Waals surface area contributed by atoms with E-state index in [1.807, 2.05) is 6.92 Å². The van der Waals surface area contributed by atoms with E-state index in [0.29, 0.717) is 11.6 Å². The van der Waals surface area contributed by atoms with Gasteiger partial charge < -0.3 is 14.6 Å². The van der Waals surface area contributed by atoms with Crippen molar-refractivity contribution in [3.63, 3.8) is 0 Å². The third kappa shape index (κ3) is 6.79. The number of carboxylic acid groups (broad SMARTS) is 1. The maximum Gasteiger partial charge on any atom is 0.303 e.